The summed E-state index contributed by atoms with van der Waals surface area (Å²) in [5, 5.41) is 0. The van der Waals surface area contributed by atoms with Crippen LogP contribution in [0, 0.1) is 11.6 Å². The number of benzene rings is 1. The van der Waals surface area contributed by atoms with Crippen LogP contribution in [0.15, 0.2) is 12.1 Å². The third-order valence-corrected chi connectivity index (χ3v) is 2.12. The summed E-state index contributed by atoms with van der Waals surface area (Å²) < 4.78 is 31.2. The molecule has 0 radical (unpaired) electrons. The molecular weight excluding hydrogens is 204 g/mol. The fraction of sp³-hybridized carbons (Fsp3) is 0.400. The number of halogens is 2. The maximum Gasteiger partial charge on any atom is 0.133 e. The number of nitrogens with two attached hydrogens (primary N) is 1. The van der Waals surface area contributed by atoms with E-state index in [9.17, 15) is 8.78 Å². The summed E-state index contributed by atoms with van der Waals surface area (Å²) in [5.74, 6) is 3.44. The molecule has 1 rings (SSSR count). The minimum Gasteiger partial charge on any atom is -0.496 e. The van der Waals surface area contributed by atoms with Crippen molar-refractivity contribution >= 4 is 0 Å². The normalized spacial score (nSPS) is 12.6. The van der Waals surface area contributed by atoms with E-state index in [1.165, 1.54) is 7.11 Å². The number of rotatable bonds is 4. The minimum absolute atomic E-state index is 0.138. The molecule has 2 N–H and O–H groups in total. The van der Waals surface area contributed by atoms with Gasteiger partial charge in [-0.15, -0.1) is 0 Å². The van der Waals surface area contributed by atoms with Crippen molar-refractivity contribution in [3.05, 3.63) is 29.3 Å². The number of hydrogen-bond donors (Lipinski definition) is 1. The lowest BCUT2D eigenvalue weighted by Gasteiger charge is -2.15. The van der Waals surface area contributed by atoms with Gasteiger partial charge in [-0.2, -0.15) is 0 Å². The van der Waals surface area contributed by atoms with E-state index in [2.05, 4.69) is 4.84 Å². The van der Waals surface area contributed by atoms with E-state index in [0.29, 0.717) is 0 Å². The second-order valence-electron chi connectivity index (χ2n) is 3.24. The number of hydrogen-bond acceptors (Lipinski definition) is 3. The average molecular weight is 217 g/mol. The molecule has 15 heavy (non-hydrogen) atoms. The summed E-state index contributed by atoms with van der Waals surface area (Å²) in [5.41, 5.74) is 0.268. The van der Waals surface area contributed by atoms with E-state index in [4.69, 9.17) is 10.6 Å². The first-order valence-corrected chi connectivity index (χ1v) is 4.44. The molecule has 0 amide bonds. The topological polar surface area (TPSA) is 44.5 Å². The summed E-state index contributed by atoms with van der Waals surface area (Å²) in [7, 11) is 1.35. The first-order valence-electron chi connectivity index (χ1n) is 4.44. The Bertz CT molecular complexity index is 344. The van der Waals surface area contributed by atoms with Crippen molar-refractivity contribution in [3.8, 4) is 5.75 Å². The molecule has 0 saturated carbocycles. The largest absolute Gasteiger partial charge is 0.496 e. The Kier molecular flexibility index (Phi) is 3.99. The third kappa shape index (κ3) is 2.64. The molecule has 1 aromatic carbocycles. The lowest BCUT2D eigenvalue weighted by atomic mass is 10.00. The van der Waals surface area contributed by atoms with E-state index in [1.54, 1.807) is 6.92 Å². The van der Waals surface area contributed by atoms with Crippen molar-refractivity contribution in [3.63, 3.8) is 0 Å². The third-order valence-electron chi connectivity index (χ3n) is 2.12. The predicted molar refractivity (Wildman–Crippen MR) is 51.5 cm³/mol. The maximum atomic E-state index is 13.5. The van der Waals surface area contributed by atoms with Crippen LogP contribution in [0.5, 0.6) is 5.75 Å². The van der Waals surface area contributed by atoms with E-state index >= 15 is 0 Å². The van der Waals surface area contributed by atoms with Crippen LogP contribution in [0.3, 0.4) is 0 Å². The van der Waals surface area contributed by atoms with Crippen molar-refractivity contribution in [1.82, 2.24) is 0 Å². The Balaban J connectivity index is 3.14. The summed E-state index contributed by atoms with van der Waals surface area (Å²) in [4.78, 5) is 4.43. The fourth-order valence-corrected chi connectivity index (χ4v) is 1.44. The van der Waals surface area contributed by atoms with Crippen LogP contribution in [0.2, 0.25) is 0 Å². The molecule has 0 aliphatic rings. The second kappa shape index (κ2) is 5.04. The van der Waals surface area contributed by atoms with Gasteiger partial charge in [0.05, 0.1) is 13.7 Å². The van der Waals surface area contributed by atoms with Gasteiger partial charge in [-0.25, -0.2) is 14.7 Å². The van der Waals surface area contributed by atoms with Gasteiger partial charge in [0.2, 0.25) is 0 Å². The van der Waals surface area contributed by atoms with Gasteiger partial charge in [0.1, 0.15) is 17.4 Å². The molecule has 0 aliphatic heterocycles. The smallest absolute Gasteiger partial charge is 0.133 e. The van der Waals surface area contributed by atoms with Gasteiger partial charge in [-0.05, 0) is 0 Å². The van der Waals surface area contributed by atoms with Crippen LogP contribution in [-0.2, 0) is 4.84 Å². The second-order valence-corrected chi connectivity index (χ2v) is 3.24. The molecule has 0 heterocycles. The van der Waals surface area contributed by atoms with Gasteiger partial charge in [0.15, 0.2) is 0 Å². The molecule has 84 valence electrons. The first-order chi connectivity index (χ1) is 7.10. The van der Waals surface area contributed by atoms with Crippen molar-refractivity contribution in [2.45, 2.75) is 12.8 Å². The highest BCUT2D eigenvalue weighted by atomic mass is 19.1. The van der Waals surface area contributed by atoms with Gasteiger partial charge >= 0.3 is 0 Å². The Hall–Kier alpha value is -1.20. The van der Waals surface area contributed by atoms with Gasteiger partial charge in [-0.1, -0.05) is 6.92 Å². The molecule has 0 bridgehead atoms. The van der Waals surface area contributed by atoms with Crippen LogP contribution < -0.4 is 10.6 Å². The monoisotopic (exact) mass is 217 g/mol. The summed E-state index contributed by atoms with van der Waals surface area (Å²) in [6.07, 6.45) is 0. The zero-order valence-corrected chi connectivity index (χ0v) is 8.59. The Morgan fingerprint density at radius 1 is 1.40 bits per heavy atom. The zero-order chi connectivity index (χ0) is 11.4. The van der Waals surface area contributed by atoms with Crippen molar-refractivity contribution in [2.75, 3.05) is 13.7 Å². The van der Waals surface area contributed by atoms with E-state index in [-0.39, 0.29) is 23.8 Å². The predicted octanol–water partition coefficient (Wildman–Crippen LogP) is 1.97. The fourth-order valence-electron chi connectivity index (χ4n) is 1.44. The molecule has 3 nitrogen and oxygen atoms in total. The Morgan fingerprint density at radius 2 is 2.07 bits per heavy atom. The van der Waals surface area contributed by atoms with Crippen LogP contribution in [0.1, 0.15) is 18.4 Å². The lowest BCUT2D eigenvalue weighted by molar-refractivity contribution is 0.125. The van der Waals surface area contributed by atoms with Crippen LogP contribution >= 0.6 is 0 Å². The maximum absolute atomic E-state index is 13.5. The SMILES string of the molecule is COc1cc(F)cc(F)c1C(C)CON. The lowest BCUT2D eigenvalue weighted by Crippen LogP contribution is -2.11. The minimum atomic E-state index is -0.672. The molecule has 0 aliphatic carbocycles. The molecule has 0 spiro atoms. The molecule has 0 fully saturated rings. The highest BCUT2D eigenvalue weighted by molar-refractivity contribution is 5.37. The van der Waals surface area contributed by atoms with Gasteiger partial charge in [-0.3, -0.25) is 0 Å². The summed E-state index contributed by atoms with van der Waals surface area (Å²) in [6, 6.07) is 1.94. The molecule has 1 atom stereocenters. The zero-order valence-electron chi connectivity index (χ0n) is 8.59. The van der Waals surface area contributed by atoms with Gasteiger partial charge in [0, 0.05) is 23.6 Å². The molecular formula is C10H13F2NO2. The average Bonchev–Trinajstić information content (AvgIpc) is 2.16. The highest BCUT2D eigenvalue weighted by Crippen LogP contribution is 2.30. The van der Waals surface area contributed by atoms with Gasteiger partial charge in [0.25, 0.3) is 0 Å². The summed E-state index contributed by atoms with van der Waals surface area (Å²) >= 11 is 0. The standard InChI is InChI=1S/C10H13F2NO2/c1-6(5-15-13)10-8(12)3-7(11)4-9(10)14-2/h3-4,6H,5,13H2,1-2H3. The highest BCUT2D eigenvalue weighted by Gasteiger charge is 2.18. The van der Waals surface area contributed by atoms with Gasteiger partial charge < -0.3 is 9.57 Å². The molecule has 0 aromatic heterocycles. The molecule has 1 aromatic rings. The Labute approximate surface area is 86.7 Å². The first kappa shape index (κ1) is 11.9. The van der Waals surface area contributed by atoms with E-state index in [1.807, 2.05) is 0 Å². The van der Waals surface area contributed by atoms with Crippen LogP contribution in [0.25, 0.3) is 0 Å². The molecule has 0 saturated heterocycles. The molecule has 1 unspecified atom stereocenters. The van der Waals surface area contributed by atoms with Crippen molar-refractivity contribution < 1.29 is 18.4 Å². The van der Waals surface area contributed by atoms with Crippen molar-refractivity contribution in [1.29, 1.82) is 0 Å². The quantitative estimate of drug-likeness (QED) is 0.784. The number of ether oxygens (including phenoxy) is 1. The van der Waals surface area contributed by atoms with Crippen LogP contribution in [-0.4, -0.2) is 13.7 Å². The van der Waals surface area contributed by atoms with Crippen molar-refractivity contribution in [2.24, 2.45) is 5.90 Å². The summed E-state index contributed by atoms with van der Waals surface area (Å²) in [6.45, 7) is 1.85. The van der Waals surface area contributed by atoms with Crippen LogP contribution in [0.4, 0.5) is 8.78 Å². The number of methoxy groups -OCH3 is 1. The Morgan fingerprint density at radius 3 is 2.60 bits per heavy atom. The van der Waals surface area contributed by atoms with E-state index < -0.39 is 11.6 Å². The molecule has 5 heteroatoms. The van der Waals surface area contributed by atoms with E-state index in [0.717, 1.165) is 12.1 Å².